The molecule has 0 saturated heterocycles. The Bertz CT molecular complexity index is 668. The summed E-state index contributed by atoms with van der Waals surface area (Å²) in [5.74, 6) is 0. The molecule has 0 N–H and O–H groups in total. The number of rotatable bonds is 2. The van der Waals surface area contributed by atoms with E-state index in [0.29, 0.717) is 0 Å². The summed E-state index contributed by atoms with van der Waals surface area (Å²) in [6.07, 6.45) is 4.01. The van der Waals surface area contributed by atoms with Gasteiger partial charge in [-0.05, 0) is 23.6 Å². The van der Waals surface area contributed by atoms with E-state index >= 15 is 0 Å². The minimum Gasteiger partial charge on any atom is -0.341 e. The Balaban J connectivity index is 2.03. The second-order valence-corrected chi connectivity index (χ2v) is 4.95. The summed E-state index contributed by atoms with van der Waals surface area (Å²) in [6.45, 7) is 0.744. The lowest BCUT2D eigenvalue weighted by atomic mass is 10.2. The van der Waals surface area contributed by atoms with Gasteiger partial charge in [-0.25, -0.2) is 0 Å². The van der Waals surface area contributed by atoms with Crippen molar-refractivity contribution in [3.63, 3.8) is 0 Å². The molecule has 0 bridgehead atoms. The molecule has 0 radical (unpaired) electrons. The number of aromatic nitrogens is 4. The zero-order valence-electron chi connectivity index (χ0n) is 9.34. The van der Waals surface area contributed by atoms with Crippen LogP contribution in [-0.4, -0.2) is 19.6 Å². The third kappa shape index (κ3) is 1.98. The zero-order chi connectivity index (χ0) is 11.8. The molecule has 17 heavy (non-hydrogen) atoms. The molecule has 0 saturated carbocycles. The predicted molar refractivity (Wildman–Crippen MR) is 69.7 cm³/mol. The van der Waals surface area contributed by atoms with Crippen molar-refractivity contribution in [2.75, 3.05) is 0 Å². The van der Waals surface area contributed by atoms with E-state index in [2.05, 4.69) is 61.3 Å². The Morgan fingerprint density at radius 3 is 2.94 bits per heavy atom. The number of hydrogen-bond donors (Lipinski definition) is 0. The van der Waals surface area contributed by atoms with E-state index in [9.17, 15) is 0 Å². The van der Waals surface area contributed by atoms with E-state index < -0.39 is 0 Å². The fourth-order valence-corrected chi connectivity index (χ4v) is 2.29. The van der Waals surface area contributed by atoms with Crippen molar-refractivity contribution in [1.29, 1.82) is 0 Å². The first-order chi connectivity index (χ1) is 8.22. The van der Waals surface area contributed by atoms with Crippen molar-refractivity contribution in [3.05, 3.63) is 46.8 Å². The number of benzene rings is 1. The van der Waals surface area contributed by atoms with E-state index in [-0.39, 0.29) is 0 Å². The van der Waals surface area contributed by atoms with Crippen LogP contribution in [-0.2, 0) is 13.6 Å². The summed E-state index contributed by atoms with van der Waals surface area (Å²) in [5.41, 5.74) is 2.16. The number of fused-ring (bicyclic) bond motifs is 1. The van der Waals surface area contributed by atoms with Gasteiger partial charge >= 0.3 is 0 Å². The van der Waals surface area contributed by atoms with E-state index in [4.69, 9.17) is 0 Å². The van der Waals surface area contributed by atoms with Crippen molar-refractivity contribution in [2.24, 2.45) is 7.05 Å². The number of aryl methyl sites for hydroxylation is 1. The number of nitrogens with zero attached hydrogens (tertiary/aromatic N) is 4. The molecule has 3 aromatic rings. The average molecular weight is 291 g/mol. The topological polar surface area (TPSA) is 35.6 Å². The molecule has 0 aliphatic heterocycles. The van der Waals surface area contributed by atoms with Gasteiger partial charge in [0.1, 0.15) is 5.69 Å². The first kappa shape index (κ1) is 10.5. The van der Waals surface area contributed by atoms with E-state index in [0.717, 1.165) is 16.7 Å². The molecular formula is C12H11BrN4. The van der Waals surface area contributed by atoms with Gasteiger partial charge in [-0.3, -0.25) is 4.68 Å². The molecule has 2 aromatic heterocycles. The van der Waals surface area contributed by atoms with Crippen LogP contribution < -0.4 is 0 Å². The minimum absolute atomic E-state index is 0.744. The lowest BCUT2D eigenvalue weighted by Crippen LogP contribution is -1.98. The van der Waals surface area contributed by atoms with Gasteiger partial charge in [-0.2, -0.15) is 0 Å². The molecular weight excluding hydrogens is 280 g/mol. The van der Waals surface area contributed by atoms with Crippen LogP contribution in [0.15, 0.2) is 41.1 Å². The first-order valence-corrected chi connectivity index (χ1v) is 6.11. The third-order valence-corrected chi connectivity index (χ3v) is 3.21. The van der Waals surface area contributed by atoms with Gasteiger partial charge in [-0.15, -0.1) is 5.10 Å². The van der Waals surface area contributed by atoms with Gasteiger partial charge < -0.3 is 4.57 Å². The summed E-state index contributed by atoms with van der Waals surface area (Å²) in [7, 11) is 1.88. The van der Waals surface area contributed by atoms with E-state index in [1.807, 2.05) is 13.2 Å². The Morgan fingerprint density at radius 2 is 2.18 bits per heavy atom. The lowest BCUT2D eigenvalue weighted by Gasteiger charge is -2.02. The second-order valence-electron chi connectivity index (χ2n) is 4.03. The molecule has 86 valence electrons. The van der Waals surface area contributed by atoms with Crippen LogP contribution in [0.5, 0.6) is 0 Å². The first-order valence-electron chi connectivity index (χ1n) is 5.32. The Labute approximate surface area is 107 Å². The molecule has 0 atom stereocenters. The van der Waals surface area contributed by atoms with Gasteiger partial charge in [-0.1, -0.05) is 27.2 Å². The molecule has 0 spiro atoms. The highest BCUT2D eigenvalue weighted by atomic mass is 79.9. The van der Waals surface area contributed by atoms with Gasteiger partial charge in [0.25, 0.3) is 0 Å². The average Bonchev–Trinajstić information content (AvgIpc) is 2.87. The molecule has 0 aliphatic carbocycles. The summed E-state index contributed by atoms with van der Waals surface area (Å²) in [6, 6.07) is 8.38. The van der Waals surface area contributed by atoms with Gasteiger partial charge in [0.15, 0.2) is 0 Å². The van der Waals surface area contributed by atoms with Crippen LogP contribution in [0.4, 0.5) is 0 Å². The highest BCUT2D eigenvalue weighted by Gasteiger charge is 2.04. The highest BCUT2D eigenvalue weighted by molar-refractivity contribution is 9.10. The maximum atomic E-state index is 4.10. The van der Waals surface area contributed by atoms with Gasteiger partial charge in [0, 0.05) is 29.4 Å². The summed E-state index contributed by atoms with van der Waals surface area (Å²) >= 11 is 3.50. The van der Waals surface area contributed by atoms with Crippen LogP contribution >= 0.6 is 15.9 Å². The Morgan fingerprint density at radius 1 is 1.29 bits per heavy atom. The van der Waals surface area contributed by atoms with Crippen LogP contribution in [0.2, 0.25) is 0 Å². The monoisotopic (exact) mass is 290 g/mol. The SMILES string of the molecule is Cn1cc(Cn2ccc3ccc(Br)cc32)nn1. The molecule has 0 unspecified atom stereocenters. The summed E-state index contributed by atoms with van der Waals surface area (Å²) in [4.78, 5) is 0. The molecule has 0 amide bonds. The number of halogens is 1. The van der Waals surface area contributed by atoms with Crippen molar-refractivity contribution < 1.29 is 0 Å². The van der Waals surface area contributed by atoms with Crippen LogP contribution in [0.25, 0.3) is 10.9 Å². The summed E-state index contributed by atoms with van der Waals surface area (Å²) in [5, 5.41) is 9.27. The quantitative estimate of drug-likeness (QED) is 0.727. The fraction of sp³-hybridized carbons (Fsp3) is 0.167. The Hall–Kier alpha value is -1.62. The van der Waals surface area contributed by atoms with Crippen LogP contribution in [0.1, 0.15) is 5.69 Å². The largest absolute Gasteiger partial charge is 0.341 e. The molecule has 0 aliphatic rings. The van der Waals surface area contributed by atoms with Crippen LogP contribution in [0, 0.1) is 0 Å². The molecule has 5 heteroatoms. The van der Waals surface area contributed by atoms with Crippen LogP contribution in [0.3, 0.4) is 0 Å². The molecule has 4 nitrogen and oxygen atoms in total. The van der Waals surface area contributed by atoms with Gasteiger partial charge in [0.2, 0.25) is 0 Å². The third-order valence-electron chi connectivity index (χ3n) is 2.72. The molecule has 3 rings (SSSR count). The predicted octanol–water partition coefficient (Wildman–Crippen LogP) is 2.58. The molecule has 0 fully saturated rings. The number of hydrogen-bond acceptors (Lipinski definition) is 2. The van der Waals surface area contributed by atoms with E-state index in [1.165, 1.54) is 10.9 Å². The summed E-state index contributed by atoms with van der Waals surface area (Å²) < 4.78 is 4.98. The zero-order valence-corrected chi connectivity index (χ0v) is 10.9. The van der Waals surface area contributed by atoms with Crippen molar-refractivity contribution in [1.82, 2.24) is 19.6 Å². The second kappa shape index (κ2) is 4.00. The lowest BCUT2D eigenvalue weighted by molar-refractivity contribution is 0.711. The fourth-order valence-electron chi connectivity index (χ4n) is 1.94. The maximum Gasteiger partial charge on any atom is 0.102 e. The standard InChI is InChI=1S/C12H11BrN4/c1-16-7-11(14-15-16)8-17-5-4-9-2-3-10(13)6-12(9)17/h2-7H,8H2,1H3. The molecule has 1 aromatic carbocycles. The van der Waals surface area contributed by atoms with Crippen molar-refractivity contribution in [2.45, 2.75) is 6.54 Å². The normalized spacial score (nSPS) is 11.2. The van der Waals surface area contributed by atoms with E-state index in [1.54, 1.807) is 4.68 Å². The maximum absolute atomic E-state index is 4.10. The smallest absolute Gasteiger partial charge is 0.102 e. The molecule has 2 heterocycles. The highest BCUT2D eigenvalue weighted by Crippen LogP contribution is 2.21. The van der Waals surface area contributed by atoms with Crippen molar-refractivity contribution in [3.8, 4) is 0 Å². The minimum atomic E-state index is 0.744. The van der Waals surface area contributed by atoms with Gasteiger partial charge in [0.05, 0.1) is 6.54 Å². The van der Waals surface area contributed by atoms with Crippen molar-refractivity contribution >= 4 is 26.8 Å². The Kier molecular flexibility index (Phi) is 2.48.